The maximum atomic E-state index is 11.3. The number of phenols is 1. The molecule has 0 aliphatic heterocycles. The van der Waals surface area contributed by atoms with E-state index in [1.807, 2.05) is 13.8 Å². The van der Waals surface area contributed by atoms with Crippen molar-refractivity contribution >= 4 is 11.7 Å². The third-order valence-corrected chi connectivity index (χ3v) is 1.62. The molecule has 0 unspecified atom stereocenters. The molecule has 0 atom stereocenters. The molecule has 4 heteroatoms. The number of benzene rings is 1. The van der Waals surface area contributed by atoms with Gasteiger partial charge in [-0.05, 0) is 38.1 Å². The van der Waals surface area contributed by atoms with E-state index in [1.54, 1.807) is 18.3 Å². The molecule has 15 heavy (non-hydrogen) atoms. The van der Waals surface area contributed by atoms with Gasteiger partial charge in [-0.3, -0.25) is 0 Å². The Balaban J connectivity index is 2.51. The number of allylic oxidation sites excluding steroid dienone is 1. The first-order chi connectivity index (χ1) is 7.08. The molecule has 0 saturated carbocycles. The van der Waals surface area contributed by atoms with E-state index in [9.17, 15) is 4.79 Å². The van der Waals surface area contributed by atoms with Gasteiger partial charge in [0.15, 0.2) is 0 Å². The minimum Gasteiger partial charge on any atom is -0.508 e. The van der Waals surface area contributed by atoms with Crippen LogP contribution in [0.2, 0.25) is 0 Å². The lowest BCUT2D eigenvalue weighted by Gasteiger charge is -2.04. The van der Waals surface area contributed by atoms with Crippen LogP contribution in [0, 0.1) is 0 Å². The summed E-state index contributed by atoms with van der Waals surface area (Å²) in [6.45, 7) is 3.78. The van der Waals surface area contributed by atoms with Crippen LogP contribution in [0.5, 0.6) is 5.75 Å². The summed E-state index contributed by atoms with van der Waals surface area (Å²) in [5.74, 6) is 0.172. The molecule has 1 aromatic rings. The molecular weight excluding hydrogens is 192 g/mol. The number of amides is 2. The third kappa shape index (κ3) is 4.17. The Morgan fingerprint density at radius 1 is 1.27 bits per heavy atom. The van der Waals surface area contributed by atoms with Crippen molar-refractivity contribution in [1.82, 2.24) is 5.32 Å². The highest BCUT2D eigenvalue weighted by Crippen LogP contribution is 2.13. The second kappa shape index (κ2) is 5.05. The van der Waals surface area contributed by atoms with Crippen molar-refractivity contribution in [2.75, 3.05) is 5.32 Å². The van der Waals surface area contributed by atoms with Gasteiger partial charge in [-0.25, -0.2) is 4.79 Å². The van der Waals surface area contributed by atoms with Gasteiger partial charge in [0.25, 0.3) is 0 Å². The number of hydrogen-bond donors (Lipinski definition) is 3. The normalized spacial score (nSPS) is 9.20. The van der Waals surface area contributed by atoms with Gasteiger partial charge in [-0.15, -0.1) is 0 Å². The highest BCUT2D eigenvalue weighted by Gasteiger charge is 1.98. The van der Waals surface area contributed by atoms with Gasteiger partial charge in [-0.1, -0.05) is 5.57 Å². The smallest absolute Gasteiger partial charge is 0.323 e. The molecule has 0 bridgehead atoms. The van der Waals surface area contributed by atoms with E-state index in [0.717, 1.165) is 5.57 Å². The van der Waals surface area contributed by atoms with Crippen molar-refractivity contribution in [2.24, 2.45) is 0 Å². The predicted molar refractivity (Wildman–Crippen MR) is 59.7 cm³/mol. The maximum Gasteiger partial charge on any atom is 0.323 e. The average molecular weight is 206 g/mol. The van der Waals surface area contributed by atoms with E-state index >= 15 is 0 Å². The van der Waals surface area contributed by atoms with Crippen LogP contribution >= 0.6 is 0 Å². The fourth-order valence-corrected chi connectivity index (χ4v) is 0.922. The number of carbonyl (C=O) groups is 1. The molecule has 0 fully saturated rings. The van der Waals surface area contributed by atoms with Crippen molar-refractivity contribution in [1.29, 1.82) is 0 Å². The van der Waals surface area contributed by atoms with Gasteiger partial charge < -0.3 is 15.7 Å². The van der Waals surface area contributed by atoms with Gasteiger partial charge in [0.05, 0.1) is 0 Å². The van der Waals surface area contributed by atoms with Crippen LogP contribution < -0.4 is 10.6 Å². The molecular formula is C11H14N2O2. The van der Waals surface area contributed by atoms with Crippen molar-refractivity contribution in [3.05, 3.63) is 36.0 Å². The number of rotatable bonds is 2. The van der Waals surface area contributed by atoms with Crippen LogP contribution in [0.15, 0.2) is 36.0 Å². The summed E-state index contributed by atoms with van der Waals surface area (Å²) in [6.07, 6.45) is 1.62. The summed E-state index contributed by atoms with van der Waals surface area (Å²) in [6, 6.07) is 5.96. The van der Waals surface area contributed by atoms with Gasteiger partial charge >= 0.3 is 6.03 Å². The predicted octanol–water partition coefficient (Wildman–Crippen LogP) is 2.44. The van der Waals surface area contributed by atoms with Crippen LogP contribution in [0.1, 0.15) is 13.8 Å². The summed E-state index contributed by atoms with van der Waals surface area (Å²) >= 11 is 0. The van der Waals surface area contributed by atoms with Crippen molar-refractivity contribution in [2.45, 2.75) is 13.8 Å². The molecule has 4 nitrogen and oxygen atoms in total. The molecule has 0 aliphatic rings. The fourth-order valence-electron chi connectivity index (χ4n) is 0.922. The molecule has 80 valence electrons. The molecule has 1 rings (SSSR count). The number of urea groups is 1. The maximum absolute atomic E-state index is 11.3. The molecule has 0 spiro atoms. The average Bonchev–Trinajstić information content (AvgIpc) is 2.19. The zero-order valence-corrected chi connectivity index (χ0v) is 8.74. The van der Waals surface area contributed by atoms with Gasteiger partial charge in [-0.2, -0.15) is 0 Å². The lowest BCUT2D eigenvalue weighted by molar-refractivity contribution is 0.255. The van der Waals surface area contributed by atoms with Crippen LogP contribution in [-0.2, 0) is 0 Å². The number of nitrogens with one attached hydrogen (secondary N) is 2. The molecule has 0 aromatic heterocycles. The first kappa shape index (κ1) is 11.1. The lowest BCUT2D eigenvalue weighted by Crippen LogP contribution is -2.23. The summed E-state index contributed by atoms with van der Waals surface area (Å²) in [5.41, 5.74) is 1.64. The Kier molecular flexibility index (Phi) is 3.74. The Hall–Kier alpha value is -1.97. The van der Waals surface area contributed by atoms with E-state index < -0.39 is 0 Å². The van der Waals surface area contributed by atoms with Crippen LogP contribution in [0.3, 0.4) is 0 Å². The molecule has 1 aromatic carbocycles. The van der Waals surface area contributed by atoms with E-state index in [4.69, 9.17) is 5.11 Å². The van der Waals surface area contributed by atoms with E-state index in [2.05, 4.69) is 10.6 Å². The highest BCUT2D eigenvalue weighted by atomic mass is 16.3. The number of aromatic hydroxyl groups is 1. The molecule has 0 heterocycles. The van der Waals surface area contributed by atoms with Crippen molar-refractivity contribution < 1.29 is 9.90 Å². The monoisotopic (exact) mass is 206 g/mol. The minimum absolute atomic E-state index is 0.172. The second-order valence-electron chi connectivity index (χ2n) is 3.37. The number of hydrogen-bond acceptors (Lipinski definition) is 2. The first-order valence-corrected chi connectivity index (χ1v) is 4.58. The van der Waals surface area contributed by atoms with Crippen LogP contribution in [0.4, 0.5) is 10.5 Å². The van der Waals surface area contributed by atoms with Gasteiger partial charge in [0.2, 0.25) is 0 Å². The lowest BCUT2D eigenvalue weighted by atomic mass is 10.3. The Morgan fingerprint density at radius 3 is 2.40 bits per heavy atom. The standard InChI is InChI=1S/C11H14N2O2/c1-8(2)7-12-11(15)13-9-3-5-10(14)6-4-9/h3-7,14H,1-2H3,(H2,12,13,15). The first-order valence-electron chi connectivity index (χ1n) is 4.58. The Morgan fingerprint density at radius 2 is 1.87 bits per heavy atom. The van der Waals surface area contributed by atoms with Gasteiger partial charge in [0, 0.05) is 11.9 Å². The number of phenolic OH excluding ortho intramolecular Hbond substituents is 1. The molecule has 0 radical (unpaired) electrons. The number of carbonyl (C=O) groups excluding carboxylic acids is 1. The molecule has 3 N–H and O–H groups in total. The third-order valence-electron chi connectivity index (χ3n) is 1.62. The highest BCUT2D eigenvalue weighted by molar-refractivity contribution is 5.89. The summed E-state index contributed by atoms with van der Waals surface area (Å²) in [5, 5.41) is 14.2. The largest absolute Gasteiger partial charge is 0.508 e. The zero-order chi connectivity index (χ0) is 11.3. The number of anilines is 1. The van der Waals surface area contributed by atoms with Crippen LogP contribution in [-0.4, -0.2) is 11.1 Å². The quantitative estimate of drug-likeness (QED) is 0.651. The minimum atomic E-state index is -0.304. The Bertz CT molecular complexity index is 365. The van der Waals surface area contributed by atoms with Crippen LogP contribution in [0.25, 0.3) is 0 Å². The van der Waals surface area contributed by atoms with E-state index in [-0.39, 0.29) is 11.8 Å². The molecule has 0 aliphatic carbocycles. The molecule has 0 saturated heterocycles. The fraction of sp³-hybridized carbons (Fsp3) is 0.182. The van der Waals surface area contributed by atoms with E-state index in [0.29, 0.717) is 5.69 Å². The van der Waals surface area contributed by atoms with Crippen molar-refractivity contribution in [3.8, 4) is 5.75 Å². The summed E-state index contributed by atoms with van der Waals surface area (Å²) < 4.78 is 0. The summed E-state index contributed by atoms with van der Waals surface area (Å²) in [4.78, 5) is 11.3. The van der Waals surface area contributed by atoms with Gasteiger partial charge in [0.1, 0.15) is 5.75 Å². The second-order valence-corrected chi connectivity index (χ2v) is 3.37. The van der Waals surface area contributed by atoms with Crippen molar-refractivity contribution in [3.63, 3.8) is 0 Å². The Labute approximate surface area is 88.6 Å². The van der Waals surface area contributed by atoms with E-state index in [1.165, 1.54) is 12.1 Å². The molecule has 2 amide bonds. The summed E-state index contributed by atoms with van der Waals surface area (Å²) in [7, 11) is 0. The SMILES string of the molecule is CC(C)=CNC(=O)Nc1ccc(O)cc1. The zero-order valence-electron chi connectivity index (χ0n) is 8.74. The topological polar surface area (TPSA) is 61.4 Å².